The molecule has 2 aromatic carbocycles. The Hall–Kier alpha value is -3.42. The minimum Gasteiger partial charge on any atom is -0.369 e. The molecule has 1 aromatic heterocycles. The number of non-ortho nitro benzene ring substituents is 1. The molecule has 34 heavy (non-hydrogen) atoms. The highest BCUT2D eigenvalue weighted by atomic mass is 32.2. The number of anilines is 1. The Morgan fingerprint density at radius 1 is 0.794 bits per heavy atom. The van der Waals surface area contributed by atoms with Crippen molar-refractivity contribution >= 4 is 59.6 Å². The summed E-state index contributed by atoms with van der Waals surface area (Å²) >= 11 is 8.75. The number of hydrogen-bond acceptors (Lipinski definition) is 12. The molecule has 1 saturated heterocycles. The third-order valence-corrected chi connectivity index (χ3v) is 5.73. The van der Waals surface area contributed by atoms with E-state index in [4.69, 9.17) is 0 Å². The van der Waals surface area contributed by atoms with Gasteiger partial charge in [0, 0.05) is 44.0 Å². The third kappa shape index (κ3) is 6.34. The largest absolute Gasteiger partial charge is 0.369 e. The van der Waals surface area contributed by atoms with Crippen LogP contribution in [0.25, 0.3) is 0 Å². The molecule has 0 radical (unpaired) electrons. The Bertz CT molecular complexity index is 1160. The van der Waals surface area contributed by atoms with Gasteiger partial charge < -0.3 is 4.90 Å². The molecule has 13 heteroatoms. The summed E-state index contributed by atoms with van der Waals surface area (Å²) in [4.78, 5) is 23.0. The average molecular weight is 496 g/mol. The van der Waals surface area contributed by atoms with E-state index in [-0.39, 0.29) is 16.3 Å². The lowest BCUT2D eigenvalue weighted by Crippen LogP contribution is -2.47. The lowest BCUT2D eigenvalue weighted by atomic mass is 10.2. The van der Waals surface area contributed by atoms with Crippen LogP contribution in [0.5, 0.6) is 0 Å². The average Bonchev–Trinajstić information content (AvgIpc) is 2.87. The van der Waals surface area contributed by atoms with Crippen LogP contribution in [0.15, 0.2) is 81.4 Å². The predicted octanol–water partition coefficient (Wildman–Crippen LogP) is 5.48. The topological polar surface area (TPSA) is 125 Å². The molecule has 1 aliphatic rings. The summed E-state index contributed by atoms with van der Waals surface area (Å²) < 4.78 is -0.0284. The van der Waals surface area contributed by atoms with Crippen LogP contribution in [0.2, 0.25) is 0 Å². The van der Waals surface area contributed by atoms with Gasteiger partial charge in [-0.1, -0.05) is 0 Å². The molecule has 0 saturated carbocycles. The Morgan fingerprint density at radius 2 is 1.32 bits per heavy atom. The number of azo groups is 2. The molecule has 174 valence electrons. The second-order valence-electron chi connectivity index (χ2n) is 7.30. The molecule has 0 bridgehead atoms. The Morgan fingerprint density at radius 3 is 1.88 bits per heavy atom. The number of aromatic nitrogens is 2. The summed E-state index contributed by atoms with van der Waals surface area (Å²) in [7, 11) is 0. The van der Waals surface area contributed by atoms with Gasteiger partial charge in [0.25, 0.3) is 11.6 Å². The van der Waals surface area contributed by atoms with Gasteiger partial charge in [-0.25, -0.2) is 9.97 Å². The zero-order valence-electron chi connectivity index (χ0n) is 17.9. The number of piperazine rings is 1. The molecule has 0 atom stereocenters. The van der Waals surface area contributed by atoms with Gasteiger partial charge in [-0.05, 0) is 36.4 Å². The van der Waals surface area contributed by atoms with Crippen LogP contribution in [-0.4, -0.2) is 50.7 Å². The van der Waals surface area contributed by atoms with Crippen molar-refractivity contribution in [3.05, 3.63) is 71.0 Å². The Kier molecular flexibility index (Phi) is 7.77. The van der Waals surface area contributed by atoms with E-state index < -0.39 is 4.92 Å². The van der Waals surface area contributed by atoms with Crippen molar-refractivity contribution < 1.29 is 4.92 Å². The van der Waals surface area contributed by atoms with Crippen LogP contribution in [0, 0.1) is 10.1 Å². The Labute approximate surface area is 206 Å². The van der Waals surface area contributed by atoms with Crippen LogP contribution >= 0.6 is 25.3 Å². The second kappa shape index (κ2) is 11.1. The normalized spacial score (nSPS) is 15.0. The summed E-state index contributed by atoms with van der Waals surface area (Å²) in [5.74, 6) is 0.197. The standard InChI is InChI=1S/C21H21N9O2S2/c31-30(32)19-7-3-15(4-8-19)24-26-17-13-22-20(23-14-17)27-25-16-1-5-18(6-2-16)28-9-11-29(12-10-28)21(33)34/h1-8,13-14,21,33-34H,9-12H2. The molecule has 0 spiro atoms. The van der Waals surface area contributed by atoms with Crippen LogP contribution in [0.1, 0.15) is 0 Å². The van der Waals surface area contributed by atoms with E-state index in [0.29, 0.717) is 17.1 Å². The van der Waals surface area contributed by atoms with Crippen molar-refractivity contribution in [2.75, 3.05) is 31.1 Å². The van der Waals surface area contributed by atoms with Crippen LogP contribution < -0.4 is 4.90 Å². The minimum atomic E-state index is -0.472. The number of rotatable bonds is 7. The van der Waals surface area contributed by atoms with Gasteiger partial charge in [0.2, 0.25) is 0 Å². The van der Waals surface area contributed by atoms with Crippen molar-refractivity contribution in [3.63, 3.8) is 0 Å². The number of nitrogens with zero attached hydrogens (tertiary/aromatic N) is 9. The van der Waals surface area contributed by atoms with E-state index in [1.54, 1.807) is 0 Å². The summed E-state index contributed by atoms with van der Waals surface area (Å²) in [6.07, 6.45) is 2.94. The lowest BCUT2D eigenvalue weighted by Gasteiger charge is -2.37. The van der Waals surface area contributed by atoms with Gasteiger partial charge in [-0.2, -0.15) is 5.11 Å². The zero-order chi connectivity index (χ0) is 23.9. The molecule has 2 heterocycles. The smallest absolute Gasteiger partial charge is 0.269 e. The van der Waals surface area contributed by atoms with E-state index in [9.17, 15) is 10.1 Å². The second-order valence-corrected chi connectivity index (χ2v) is 8.69. The molecule has 11 nitrogen and oxygen atoms in total. The summed E-state index contributed by atoms with van der Waals surface area (Å²) in [5.41, 5.74) is 2.72. The van der Waals surface area contributed by atoms with Crippen LogP contribution in [0.4, 0.5) is 34.4 Å². The van der Waals surface area contributed by atoms with E-state index >= 15 is 0 Å². The highest BCUT2D eigenvalue weighted by molar-refractivity contribution is 7.99. The van der Waals surface area contributed by atoms with Gasteiger partial charge in [0.1, 0.15) is 5.69 Å². The first-order valence-electron chi connectivity index (χ1n) is 10.3. The fourth-order valence-corrected chi connectivity index (χ4v) is 3.68. The first-order chi connectivity index (χ1) is 16.5. The molecular formula is C21H21N9O2S2. The van der Waals surface area contributed by atoms with Gasteiger partial charge in [0.15, 0.2) is 0 Å². The molecule has 0 N–H and O–H groups in total. The van der Waals surface area contributed by atoms with Gasteiger partial charge >= 0.3 is 0 Å². The number of nitro groups is 1. The maximum atomic E-state index is 10.7. The van der Waals surface area contributed by atoms with Gasteiger partial charge in [-0.3, -0.25) is 15.0 Å². The fourth-order valence-electron chi connectivity index (χ4n) is 3.22. The molecule has 1 aliphatic heterocycles. The Balaban J connectivity index is 1.32. The van der Waals surface area contributed by atoms with Crippen molar-refractivity contribution in [1.82, 2.24) is 14.9 Å². The van der Waals surface area contributed by atoms with Crippen LogP contribution in [0.3, 0.4) is 0 Å². The molecule has 0 amide bonds. The summed E-state index contributed by atoms with van der Waals surface area (Å²) in [6.45, 7) is 3.67. The molecule has 0 aliphatic carbocycles. The number of hydrogen-bond donors (Lipinski definition) is 2. The highest BCUT2D eigenvalue weighted by Crippen LogP contribution is 2.24. The summed E-state index contributed by atoms with van der Waals surface area (Å²) in [5, 5.41) is 27.0. The molecule has 1 fully saturated rings. The summed E-state index contributed by atoms with van der Waals surface area (Å²) in [6, 6.07) is 13.6. The molecular weight excluding hydrogens is 474 g/mol. The van der Waals surface area contributed by atoms with Crippen molar-refractivity contribution in [3.8, 4) is 0 Å². The monoisotopic (exact) mass is 495 g/mol. The first-order valence-corrected chi connectivity index (χ1v) is 11.4. The van der Waals surface area contributed by atoms with E-state index in [1.165, 1.54) is 36.7 Å². The van der Waals surface area contributed by atoms with Crippen LogP contribution in [-0.2, 0) is 0 Å². The van der Waals surface area contributed by atoms with Gasteiger partial charge in [0.05, 0.1) is 33.4 Å². The maximum Gasteiger partial charge on any atom is 0.269 e. The maximum absolute atomic E-state index is 10.7. The molecule has 0 unspecified atom stereocenters. The highest BCUT2D eigenvalue weighted by Gasteiger charge is 2.19. The van der Waals surface area contributed by atoms with Crippen molar-refractivity contribution in [2.24, 2.45) is 20.5 Å². The quantitative estimate of drug-likeness (QED) is 0.147. The molecule has 4 rings (SSSR count). The number of benzene rings is 2. The zero-order valence-corrected chi connectivity index (χ0v) is 19.7. The van der Waals surface area contributed by atoms with Gasteiger partial charge in [-0.15, -0.1) is 40.6 Å². The number of thiol groups is 2. The fraction of sp³-hybridized carbons (Fsp3) is 0.238. The predicted molar refractivity (Wildman–Crippen MR) is 135 cm³/mol. The number of nitro benzene ring substituents is 1. The SMILES string of the molecule is O=[N+]([O-])c1ccc(N=Nc2cnc(N=Nc3ccc(N4CCN(C(S)S)CC4)cc3)nc2)cc1. The molecule has 3 aromatic rings. The van der Waals surface area contributed by atoms with Crippen molar-refractivity contribution in [1.29, 1.82) is 0 Å². The van der Waals surface area contributed by atoms with E-state index in [2.05, 4.69) is 65.5 Å². The minimum absolute atomic E-state index is 0.00865. The first kappa shape index (κ1) is 23.7. The lowest BCUT2D eigenvalue weighted by molar-refractivity contribution is -0.384. The third-order valence-electron chi connectivity index (χ3n) is 5.08. The van der Waals surface area contributed by atoms with Crippen molar-refractivity contribution in [2.45, 2.75) is 4.71 Å². The van der Waals surface area contributed by atoms with E-state index in [0.717, 1.165) is 31.9 Å². The van der Waals surface area contributed by atoms with E-state index in [1.807, 2.05) is 24.3 Å².